The first kappa shape index (κ1) is 16.2. The van der Waals surface area contributed by atoms with E-state index in [1.54, 1.807) is 24.3 Å². The van der Waals surface area contributed by atoms with E-state index in [0.717, 1.165) is 0 Å². The van der Waals surface area contributed by atoms with Gasteiger partial charge in [0, 0.05) is 24.7 Å². The second kappa shape index (κ2) is 7.20. The molecule has 0 aliphatic carbocycles. The minimum Gasteiger partial charge on any atom is -0.439 e. The third kappa shape index (κ3) is 4.66. The molecular weight excluding hydrogens is 359 g/mol. The molecule has 2 aromatic rings. The highest BCUT2D eigenvalue weighted by Gasteiger charge is 2.08. The van der Waals surface area contributed by atoms with Gasteiger partial charge in [-0.2, -0.15) is 0 Å². The summed E-state index contributed by atoms with van der Waals surface area (Å²) in [6.07, 6.45) is 0. The summed E-state index contributed by atoms with van der Waals surface area (Å²) in [5.41, 5.74) is 0.695. The Balaban J connectivity index is 2.16. The van der Waals surface area contributed by atoms with Crippen LogP contribution in [0, 0.1) is 5.82 Å². The van der Waals surface area contributed by atoms with E-state index < -0.39 is 0 Å². The first-order valence-electron chi connectivity index (χ1n) is 6.47. The van der Waals surface area contributed by atoms with Crippen molar-refractivity contribution < 1.29 is 9.13 Å². The van der Waals surface area contributed by atoms with Crippen molar-refractivity contribution in [1.82, 2.24) is 10.3 Å². The van der Waals surface area contributed by atoms with Gasteiger partial charge in [-0.3, -0.25) is 0 Å². The molecule has 0 spiro atoms. The number of halogens is 3. The molecule has 1 aromatic heterocycles. The quantitative estimate of drug-likeness (QED) is 0.807. The van der Waals surface area contributed by atoms with Gasteiger partial charge in [-0.25, -0.2) is 9.37 Å². The van der Waals surface area contributed by atoms with Crippen LogP contribution in [0.1, 0.15) is 19.5 Å². The predicted molar refractivity (Wildman–Crippen MR) is 85.4 cm³/mol. The lowest BCUT2D eigenvalue weighted by atomic mass is 10.3. The monoisotopic (exact) mass is 372 g/mol. The number of pyridine rings is 1. The number of rotatable bonds is 5. The maximum atomic E-state index is 13.5. The third-order valence-corrected chi connectivity index (χ3v) is 3.67. The molecule has 0 aliphatic rings. The van der Waals surface area contributed by atoms with Crippen LogP contribution in [0.4, 0.5) is 4.39 Å². The molecule has 0 unspecified atom stereocenters. The van der Waals surface area contributed by atoms with Gasteiger partial charge in [0.1, 0.15) is 11.6 Å². The van der Waals surface area contributed by atoms with Gasteiger partial charge in [0.25, 0.3) is 0 Å². The second-order valence-corrected chi connectivity index (χ2v) is 6.05. The van der Waals surface area contributed by atoms with E-state index in [4.69, 9.17) is 16.3 Å². The van der Waals surface area contributed by atoms with Gasteiger partial charge in [-0.15, -0.1) is 0 Å². The zero-order valence-corrected chi connectivity index (χ0v) is 14.0. The normalized spacial score (nSPS) is 11.0. The van der Waals surface area contributed by atoms with Gasteiger partial charge >= 0.3 is 0 Å². The van der Waals surface area contributed by atoms with Crippen LogP contribution in [0.3, 0.4) is 0 Å². The highest BCUT2D eigenvalue weighted by Crippen LogP contribution is 2.26. The highest BCUT2D eigenvalue weighted by molar-refractivity contribution is 9.10. The van der Waals surface area contributed by atoms with Crippen LogP contribution in [0.15, 0.2) is 34.8 Å². The number of nitrogens with zero attached hydrogens (tertiary/aromatic N) is 1. The molecular formula is C15H15BrClFN2O. The van der Waals surface area contributed by atoms with Crippen molar-refractivity contribution >= 4 is 27.5 Å². The highest BCUT2D eigenvalue weighted by atomic mass is 79.9. The molecule has 0 saturated carbocycles. The van der Waals surface area contributed by atoms with Crippen LogP contribution in [-0.4, -0.2) is 11.0 Å². The van der Waals surface area contributed by atoms with Crippen LogP contribution in [0.5, 0.6) is 11.6 Å². The lowest BCUT2D eigenvalue weighted by molar-refractivity contribution is 0.453. The molecule has 1 heterocycles. The Morgan fingerprint density at radius 2 is 2.10 bits per heavy atom. The summed E-state index contributed by atoms with van der Waals surface area (Å²) < 4.78 is 19.4. The Morgan fingerprint density at radius 1 is 1.33 bits per heavy atom. The van der Waals surface area contributed by atoms with Gasteiger partial charge in [0.05, 0.1) is 15.2 Å². The molecule has 2 rings (SSSR count). The van der Waals surface area contributed by atoms with E-state index in [1.165, 1.54) is 6.07 Å². The summed E-state index contributed by atoms with van der Waals surface area (Å²) in [6.45, 7) is 4.63. The fraction of sp³-hybridized carbons (Fsp3) is 0.267. The molecule has 0 fully saturated rings. The molecule has 0 bridgehead atoms. The van der Waals surface area contributed by atoms with Crippen LogP contribution in [0.2, 0.25) is 5.02 Å². The lowest BCUT2D eigenvalue weighted by Crippen LogP contribution is -2.22. The van der Waals surface area contributed by atoms with Crippen LogP contribution in [0.25, 0.3) is 0 Å². The molecule has 112 valence electrons. The Kier molecular flexibility index (Phi) is 5.56. The van der Waals surface area contributed by atoms with Gasteiger partial charge in [0.15, 0.2) is 0 Å². The van der Waals surface area contributed by atoms with Crippen molar-refractivity contribution in [2.75, 3.05) is 0 Å². The molecule has 0 aliphatic heterocycles. The van der Waals surface area contributed by atoms with E-state index in [9.17, 15) is 4.39 Å². The van der Waals surface area contributed by atoms with Crippen LogP contribution >= 0.6 is 27.5 Å². The van der Waals surface area contributed by atoms with Crippen LogP contribution < -0.4 is 10.1 Å². The minimum atomic E-state index is -0.386. The first-order valence-corrected chi connectivity index (χ1v) is 7.64. The van der Waals surface area contributed by atoms with Crippen molar-refractivity contribution in [3.8, 4) is 11.6 Å². The van der Waals surface area contributed by atoms with Gasteiger partial charge in [-0.1, -0.05) is 25.4 Å². The molecule has 3 nitrogen and oxygen atoms in total. The van der Waals surface area contributed by atoms with Crippen molar-refractivity contribution in [3.05, 3.63) is 51.3 Å². The summed E-state index contributed by atoms with van der Waals surface area (Å²) in [7, 11) is 0. The largest absolute Gasteiger partial charge is 0.439 e. The summed E-state index contributed by atoms with van der Waals surface area (Å²) in [5, 5.41) is 3.81. The molecule has 1 N–H and O–H groups in total. The average molecular weight is 374 g/mol. The minimum absolute atomic E-state index is 0.327. The fourth-order valence-electron chi connectivity index (χ4n) is 1.61. The van der Waals surface area contributed by atoms with E-state index in [-0.39, 0.29) is 5.82 Å². The van der Waals surface area contributed by atoms with Gasteiger partial charge in [-0.05, 0) is 34.1 Å². The first-order chi connectivity index (χ1) is 9.95. The Labute approximate surface area is 136 Å². The third-order valence-electron chi connectivity index (χ3n) is 2.68. The standard InChI is InChI=1S/C15H15BrClFN2O/c1-9(2)19-8-14-12(17)5-6-15(20-14)21-10-3-4-11(16)13(18)7-10/h3-7,9,19H,8H2,1-2H3. The predicted octanol–water partition coefficient (Wildman–Crippen LogP) is 4.93. The molecule has 21 heavy (non-hydrogen) atoms. The topological polar surface area (TPSA) is 34.2 Å². The molecule has 1 aromatic carbocycles. The summed E-state index contributed by atoms with van der Waals surface area (Å²) in [4.78, 5) is 4.34. The Hall–Kier alpha value is -1.17. The number of hydrogen-bond donors (Lipinski definition) is 1. The Bertz CT molecular complexity index is 637. The zero-order valence-electron chi connectivity index (χ0n) is 11.7. The SMILES string of the molecule is CC(C)NCc1nc(Oc2ccc(Br)c(F)c2)ccc1Cl. The second-order valence-electron chi connectivity index (χ2n) is 4.79. The van der Waals surface area contributed by atoms with Crippen molar-refractivity contribution in [1.29, 1.82) is 0 Å². The maximum absolute atomic E-state index is 13.5. The van der Waals surface area contributed by atoms with E-state index >= 15 is 0 Å². The molecule has 0 saturated heterocycles. The van der Waals surface area contributed by atoms with Crippen molar-refractivity contribution in [2.24, 2.45) is 0 Å². The fourth-order valence-corrected chi connectivity index (χ4v) is 2.03. The smallest absolute Gasteiger partial charge is 0.219 e. The van der Waals surface area contributed by atoms with Crippen molar-refractivity contribution in [3.63, 3.8) is 0 Å². The maximum Gasteiger partial charge on any atom is 0.219 e. The Morgan fingerprint density at radius 3 is 2.76 bits per heavy atom. The number of ether oxygens (including phenoxy) is 1. The summed E-state index contributed by atoms with van der Waals surface area (Å²) in [6, 6.07) is 8.24. The van der Waals surface area contributed by atoms with E-state index in [0.29, 0.717) is 39.4 Å². The van der Waals surface area contributed by atoms with Crippen molar-refractivity contribution in [2.45, 2.75) is 26.4 Å². The molecule has 6 heteroatoms. The summed E-state index contributed by atoms with van der Waals surface area (Å²) >= 11 is 9.20. The van der Waals surface area contributed by atoms with E-state index in [1.807, 2.05) is 13.8 Å². The zero-order chi connectivity index (χ0) is 15.4. The van der Waals surface area contributed by atoms with Gasteiger partial charge in [0.2, 0.25) is 5.88 Å². The van der Waals surface area contributed by atoms with E-state index in [2.05, 4.69) is 26.2 Å². The van der Waals surface area contributed by atoms with Gasteiger partial charge < -0.3 is 10.1 Å². The summed E-state index contributed by atoms with van der Waals surface area (Å²) in [5.74, 6) is 0.373. The molecule has 0 atom stereocenters. The number of hydrogen-bond acceptors (Lipinski definition) is 3. The number of nitrogens with one attached hydrogen (secondary N) is 1. The number of benzene rings is 1. The van der Waals surface area contributed by atoms with Crippen LogP contribution in [-0.2, 0) is 6.54 Å². The lowest BCUT2D eigenvalue weighted by Gasteiger charge is -2.11. The average Bonchev–Trinajstić information content (AvgIpc) is 2.43. The number of aromatic nitrogens is 1. The molecule has 0 amide bonds. The molecule has 0 radical (unpaired) electrons.